The molecule has 2 aromatic heterocycles. The molecule has 0 radical (unpaired) electrons. The van der Waals surface area contributed by atoms with E-state index in [1.807, 2.05) is 0 Å². The van der Waals surface area contributed by atoms with E-state index in [1.165, 1.54) is 23.1 Å². The first-order valence-electron chi connectivity index (χ1n) is 7.10. The summed E-state index contributed by atoms with van der Waals surface area (Å²) in [6.07, 6.45) is -3.27. The molecule has 126 valence electrons. The van der Waals surface area contributed by atoms with Gasteiger partial charge in [0.1, 0.15) is 23.6 Å². The van der Waals surface area contributed by atoms with E-state index in [-0.39, 0.29) is 23.7 Å². The Hall–Kier alpha value is -2.84. The van der Waals surface area contributed by atoms with Crippen molar-refractivity contribution in [3.8, 4) is 17.0 Å². The molecule has 0 aliphatic heterocycles. The number of nitrogens with two attached hydrogens (primary N) is 1. The average molecular weight is 337 g/mol. The van der Waals surface area contributed by atoms with Crippen LogP contribution in [0.25, 0.3) is 22.3 Å². The maximum atomic E-state index is 13.3. The van der Waals surface area contributed by atoms with Crippen molar-refractivity contribution < 1.29 is 17.9 Å². The molecule has 3 aromatic rings. The average Bonchev–Trinajstić information content (AvgIpc) is 2.86. The molecule has 0 bridgehead atoms. The Morgan fingerprint density at radius 3 is 2.67 bits per heavy atom. The number of aryl methyl sites for hydroxylation is 1. The van der Waals surface area contributed by atoms with E-state index in [0.717, 1.165) is 6.07 Å². The number of halogens is 3. The van der Waals surface area contributed by atoms with Gasteiger partial charge < -0.3 is 10.5 Å². The molecule has 1 aromatic carbocycles. The van der Waals surface area contributed by atoms with E-state index in [4.69, 9.17) is 10.5 Å². The maximum Gasteiger partial charge on any atom is 0.419 e. The Bertz CT molecular complexity index is 904. The van der Waals surface area contributed by atoms with Crippen LogP contribution in [0.3, 0.4) is 0 Å². The van der Waals surface area contributed by atoms with E-state index in [2.05, 4.69) is 15.1 Å². The summed E-state index contributed by atoms with van der Waals surface area (Å²) in [7, 11) is 1.64. The van der Waals surface area contributed by atoms with Gasteiger partial charge in [-0.25, -0.2) is 14.6 Å². The predicted octanol–water partition coefficient (Wildman–Crippen LogP) is 3.03. The molecule has 0 aliphatic carbocycles. The second-order valence-corrected chi connectivity index (χ2v) is 5.07. The largest absolute Gasteiger partial charge is 0.493 e. The van der Waals surface area contributed by atoms with E-state index in [9.17, 15) is 13.2 Å². The Balaban J connectivity index is 2.24. The van der Waals surface area contributed by atoms with Crippen molar-refractivity contribution in [1.82, 2.24) is 19.7 Å². The lowest BCUT2D eigenvalue weighted by Gasteiger charge is -2.14. The first-order valence-corrected chi connectivity index (χ1v) is 7.10. The molecule has 24 heavy (non-hydrogen) atoms. The van der Waals surface area contributed by atoms with Crippen LogP contribution in [-0.4, -0.2) is 26.4 Å². The van der Waals surface area contributed by atoms with Crippen LogP contribution in [0.15, 0.2) is 24.5 Å². The number of hydrogen-bond donors (Lipinski definition) is 1. The minimum atomic E-state index is -4.55. The smallest absolute Gasteiger partial charge is 0.419 e. The molecule has 0 spiro atoms. The summed E-state index contributed by atoms with van der Waals surface area (Å²) in [6, 6.07) is 3.79. The summed E-state index contributed by atoms with van der Waals surface area (Å²) < 4.78 is 46.5. The lowest BCUT2D eigenvalue weighted by Crippen LogP contribution is -2.09. The van der Waals surface area contributed by atoms with Gasteiger partial charge in [0.25, 0.3) is 0 Å². The summed E-state index contributed by atoms with van der Waals surface area (Å²) in [5.41, 5.74) is 5.99. The lowest BCUT2D eigenvalue weighted by molar-refractivity contribution is -0.138. The summed E-state index contributed by atoms with van der Waals surface area (Å²) in [6.45, 7) is 1.76. The number of rotatable bonds is 3. The number of fused-ring (bicyclic) bond motifs is 1. The standard InChI is InChI=1S/C15H14F3N5O/c1-3-24-10-5-4-8(6-9(10)15(16,17)18)12-11-13(19)20-7-21-14(11)23(2)22-12/h4-7H,3H2,1-2H3,(H2,19,20,21). The Kier molecular flexibility index (Phi) is 3.78. The van der Waals surface area contributed by atoms with E-state index < -0.39 is 11.7 Å². The van der Waals surface area contributed by atoms with Crippen LogP contribution < -0.4 is 10.5 Å². The van der Waals surface area contributed by atoms with Crippen LogP contribution >= 0.6 is 0 Å². The molecule has 0 aliphatic rings. The van der Waals surface area contributed by atoms with Gasteiger partial charge in [0.2, 0.25) is 0 Å². The Labute approximate surface area is 135 Å². The highest BCUT2D eigenvalue weighted by Gasteiger charge is 2.35. The number of benzene rings is 1. The van der Waals surface area contributed by atoms with E-state index >= 15 is 0 Å². The molecule has 3 rings (SSSR count). The number of hydrogen-bond acceptors (Lipinski definition) is 5. The van der Waals surface area contributed by atoms with E-state index in [0.29, 0.717) is 16.7 Å². The number of nitrogen functional groups attached to an aromatic ring is 1. The third-order valence-corrected chi connectivity index (χ3v) is 3.51. The molecule has 0 fully saturated rings. The van der Waals surface area contributed by atoms with Crippen molar-refractivity contribution in [3.63, 3.8) is 0 Å². The molecular formula is C15H14F3N5O. The monoisotopic (exact) mass is 337 g/mol. The van der Waals surface area contributed by atoms with Crippen molar-refractivity contribution in [3.05, 3.63) is 30.1 Å². The van der Waals surface area contributed by atoms with Gasteiger partial charge in [0.05, 0.1) is 17.6 Å². The van der Waals surface area contributed by atoms with Gasteiger partial charge in [0.15, 0.2) is 5.65 Å². The summed E-state index contributed by atoms with van der Waals surface area (Å²) in [5, 5.41) is 4.66. The van der Waals surface area contributed by atoms with Gasteiger partial charge >= 0.3 is 6.18 Å². The number of nitrogens with zero attached hydrogens (tertiary/aromatic N) is 4. The highest BCUT2D eigenvalue weighted by molar-refractivity contribution is 5.98. The fourth-order valence-electron chi connectivity index (χ4n) is 2.49. The molecule has 0 saturated carbocycles. The highest BCUT2D eigenvalue weighted by Crippen LogP contribution is 2.40. The number of anilines is 1. The zero-order valence-electron chi connectivity index (χ0n) is 12.9. The molecule has 2 N–H and O–H groups in total. The number of aromatic nitrogens is 4. The van der Waals surface area contributed by atoms with Crippen LogP contribution in [0, 0.1) is 0 Å². The van der Waals surface area contributed by atoms with Crippen LogP contribution in [0.2, 0.25) is 0 Å². The normalized spacial score (nSPS) is 11.9. The fourth-order valence-corrected chi connectivity index (χ4v) is 2.49. The van der Waals surface area contributed by atoms with Crippen molar-refractivity contribution in [2.24, 2.45) is 7.05 Å². The van der Waals surface area contributed by atoms with Crippen LogP contribution in [0.4, 0.5) is 19.0 Å². The predicted molar refractivity (Wildman–Crippen MR) is 82.3 cm³/mol. The molecule has 0 unspecified atom stereocenters. The van der Waals surface area contributed by atoms with Crippen LogP contribution in [-0.2, 0) is 13.2 Å². The molecular weight excluding hydrogens is 323 g/mol. The molecule has 0 atom stereocenters. The Morgan fingerprint density at radius 2 is 2.00 bits per heavy atom. The lowest BCUT2D eigenvalue weighted by atomic mass is 10.0. The van der Waals surface area contributed by atoms with Gasteiger partial charge in [0, 0.05) is 12.6 Å². The molecule has 0 amide bonds. The Morgan fingerprint density at radius 1 is 1.25 bits per heavy atom. The van der Waals surface area contributed by atoms with Crippen molar-refractivity contribution in [2.75, 3.05) is 12.3 Å². The molecule has 2 heterocycles. The van der Waals surface area contributed by atoms with Gasteiger partial charge in [-0.3, -0.25) is 0 Å². The SMILES string of the molecule is CCOc1ccc(-c2nn(C)c3ncnc(N)c23)cc1C(F)(F)F. The van der Waals surface area contributed by atoms with Gasteiger partial charge in [-0.2, -0.15) is 18.3 Å². The minimum Gasteiger partial charge on any atom is -0.493 e. The maximum absolute atomic E-state index is 13.3. The van der Waals surface area contributed by atoms with Crippen LogP contribution in [0.1, 0.15) is 12.5 Å². The minimum absolute atomic E-state index is 0.135. The summed E-state index contributed by atoms with van der Waals surface area (Å²) in [5.74, 6) is -0.0660. The second-order valence-electron chi connectivity index (χ2n) is 5.07. The van der Waals surface area contributed by atoms with Crippen molar-refractivity contribution in [2.45, 2.75) is 13.1 Å². The third kappa shape index (κ3) is 2.61. The van der Waals surface area contributed by atoms with Crippen LogP contribution in [0.5, 0.6) is 5.75 Å². The van der Waals surface area contributed by atoms with Gasteiger partial charge in [-0.05, 0) is 25.1 Å². The number of alkyl halides is 3. The fraction of sp³-hybridized carbons (Fsp3) is 0.267. The van der Waals surface area contributed by atoms with Crippen molar-refractivity contribution in [1.29, 1.82) is 0 Å². The second kappa shape index (κ2) is 5.66. The zero-order chi connectivity index (χ0) is 17.5. The summed E-state index contributed by atoms with van der Waals surface area (Å²) in [4.78, 5) is 7.96. The molecule has 0 saturated heterocycles. The van der Waals surface area contributed by atoms with Gasteiger partial charge in [-0.1, -0.05) is 0 Å². The van der Waals surface area contributed by atoms with Gasteiger partial charge in [-0.15, -0.1) is 0 Å². The topological polar surface area (TPSA) is 78.8 Å². The summed E-state index contributed by atoms with van der Waals surface area (Å²) >= 11 is 0. The third-order valence-electron chi connectivity index (χ3n) is 3.51. The quantitative estimate of drug-likeness (QED) is 0.795. The molecule has 6 nitrogen and oxygen atoms in total. The van der Waals surface area contributed by atoms with Crippen molar-refractivity contribution >= 4 is 16.9 Å². The first kappa shape index (κ1) is 16.0. The number of ether oxygens (including phenoxy) is 1. The highest BCUT2D eigenvalue weighted by atomic mass is 19.4. The zero-order valence-corrected chi connectivity index (χ0v) is 12.9. The molecule has 9 heteroatoms. The van der Waals surface area contributed by atoms with E-state index in [1.54, 1.807) is 14.0 Å². The first-order chi connectivity index (χ1) is 11.3.